The van der Waals surface area contributed by atoms with Crippen molar-refractivity contribution in [1.82, 2.24) is 0 Å². The maximum absolute atomic E-state index is 13.3. The minimum atomic E-state index is -1.03. The number of carbonyl (C=O) groups is 2. The number of rotatable bonds is 4. The summed E-state index contributed by atoms with van der Waals surface area (Å²) >= 11 is 0. The summed E-state index contributed by atoms with van der Waals surface area (Å²) < 4.78 is 36.8. The van der Waals surface area contributed by atoms with Gasteiger partial charge in [0.05, 0.1) is 6.10 Å². The third kappa shape index (κ3) is 3.34. The lowest BCUT2D eigenvalue weighted by molar-refractivity contribution is -0.153. The Morgan fingerprint density at radius 2 is 2.13 bits per heavy atom. The van der Waals surface area contributed by atoms with E-state index in [1.54, 1.807) is 0 Å². The van der Waals surface area contributed by atoms with Crippen LogP contribution in [0, 0.1) is 17.6 Å². The predicted molar refractivity (Wildman–Crippen MR) is 76.8 cm³/mol. The minimum Gasteiger partial charge on any atom is -0.462 e. The quantitative estimate of drug-likeness (QED) is 0.628. The summed E-state index contributed by atoms with van der Waals surface area (Å²) in [4.78, 5) is 25.6. The number of halogens is 2. The van der Waals surface area contributed by atoms with Crippen LogP contribution in [-0.2, 0) is 19.1 Å². The largest absolute Gasteiger partial charge is 0.462 e. The highest BCUT2D eigenvalue weighted by atomic mass is 19.2. The van der Waals surface area contributed by atoms with Crippen LogP contribution in [0.15, 0.2) is 18.2 Å². The lowest BCUT2D eigenvalue weighted by Gasteiger charge is -2.17. The van der Waals surface area contributed by atoms with E-state index < -0.39 is 29.4 Å². The van der Waals surface area contributed by atoms with Crippen LogP contribution in [0.1, 0.15) is 19.3 Å². The van der Waals surface area contributed by atoms with Gasteiger partial charge in [-0.3, -0.25) is 9.59 Å². The van der Waals surface area contributed by atoms with Gasteiger partial charge in [0.15, 0.2) is 11.6 Å². The topological polar surface area (TPSA) is 55.8 Å². The van der Waals surface area contributed by atoms with Gasteiger partial charge >= 0.3 is 5.97 Å². The summed E-state index contributed by atoms with van der Waals surface area (Å²) in [5, 5.41) is 0. The molecule has 2 saturated heterocycles. The second-order valence-corrected chi connectivity index (χ2v) is 5.69. The molecule has 7 heteroatoms. The van der Waals surface area contributed by atoms with Crippen LogP contribution in [-0.4, -0.2) is 37.7 Å². The molecule has 2 aliphatic rings. The SMILES string of the molecule is O=C(OC[C@@H]1CCCO1)[C@H]1CCN(c2ccc(F)c(F)c2)C1=O. The van der Waals surface area contributed by atoms with Gasteiger partial charge in [0.2, 0.25) is 5.91 Å². The molecule has 0 aliphatic carbocycles. The average Bonchev–Trinajstić information content (AvgIpc) is 3.17. The fraction of sp³-hybridized carbons (Fsp3) is 0.500. The van der Waals surface area contributed by atoms with E-state index in [1.807, 2.05) is 0 Å². The third-order valence-corrected chi connectivity index (χ3v) is 4.14. The van der Waals surface area contributed by atoms with Crippen LogP contribution in [0.4, 0.5) is 14.5 Å². The van der Waals surface area contributed by atoms with Crippen molar-refractivity contribution < 1.29 is 27.8 Å². The standard InChI is InChI=1S/C16H17F2NO4/c17-13-4-3-10(8-14(13)18)19-6-5-12(15(19)20)16(21)23-9-11-2-1-7-22-11/h3-4,8,11-12H,1-2,5-7,9H2/t11-,12-/m0/s1. The summed E-state index contributed by atoms with van der Waals surface area (Å²) in [5.74, 6) is -3.94. The molecular weight excluding hydrogens is 308 g/mol. The van der Waals surface area contributed by atoms with Gasteiger partial charge in [0.25, 0.3) is 0 Å². The monoisotopic (exact) mass is 325 g/mol. The molecule has 5 nitrogen and oxygen atoms in total. The van der Waals surface area contributed by atoms with Gasteiger partial charge in [0.1, 0.15) is 12.5 Å². The molecule has 0 saturated carbocycles. The number of amides is 1. The van der Waals surface area contributed by atoms with Crippen LogP contribution < -0.4 is 4.90 Å². The fourth-order valence-electron chi connectivity index (χ4n) is 2.86. The molecule has 0 bridgehead atoms. The second kappa shape index (κ2) is 6.62. The van der Waals surface area contributed by atoms with Gasteiger partial charge in [-0.15, -0.1) is 0 Å². The highest BCUT2D eigenvalue weighted by Gasteiger charge is 2.39. The molecule has 0 aromatic heterocycles. The van der Waals surface area contributed by atoms with Gasteiger partial charge in [-0.2, -0.15) is 0 Å². The number of benzene rings is 1. The Kier molecular flexibility index (Phi) is 4.56. The fourth-order valence-corrected chi connectivity index (χ4v) is 2.86. The Labute approximate surface area is 132 Å². The van der Waals surface area contributed by atoms with Crippen molar-refractivity contribution in [2.75, 3.05) is 24.7 Å². The summed E-state index contributed by atoms with van der Waals surface area (Å²) in [5.41, 5.74) is 0.239. The molecule has 124 valence electrons. The van der Waals surface area contributed by atoms with Crippen LogP contribution in [0.2, 0.25) is 0 Å². The third-order valence-electron chi connectivity index (χ3n) is 4.14. The van der Waals surface area contributed by atoms with Gasteiger partial charge < -0.3 is 14.4 Å². The Morgan fingerprint density at radius 3 is 2.83 bits per heavy atom. The number of carbonyl (C=O) groups excluding carboxylic acids is 2. The Balaban J connectivity index is 1.61. The van der Waals surface area contributed by atoms with Gasteiger partial charge in [-0.05, 0) is 31.4 Å². The Bertz CT molecular complexity index is 616. The number of ether oxygens (including phenoxy) is 2. The Morgan fingerprint density at radius 1 is 1.30 bits per heavy atom. The number of hydrogen-bond acceptors (Lipinski definition) is 4. The van der Waals surface area contributed by atoms with Crippen molar-refractivity contribution >= 4 is 17.6 Å². The molecule has 2 fully saturated rings. The molecular formula is C16H17F2NO4. The zero-order valence-corrected chi connectivity index (χ0v) is 12.5. The van der Waals surface area contributed by atoms with Crippen molar-refractivity contribution in [3.63, 3.8) is 0 Å². The first-order valence-corrected chi connectivity index (χ1v) is 7.61. The van der Waals surface area contributed by atoms with Crippen LogP contribution in [0.25, 0.3) is 0 Å². The van der Waals surface area contributed by atoms with E-state index in [-0.39, 0.29) is 24.9 Å². The molecule has 1 amide bonds. The van der Waals surface area contributed by atoms with Crippen molar-refractivity contribution in [3.8, 4) is 0 Å². The predicted octanol–water partition coefficient (Wildman–Crippen LogP) is 2.04. The number of nitrogens with zero attached hydrogens (tertiary/aromatic N) is 1. The maximum atomic E-state index is 13.3. The first-order valence-electron chi connectivity index (χ1n) is 7.61. The van der Waals surface area contributed by atoms with Gasteiger partial charge in [-0.25, -0.2) is 8.78 Å². The maximum Gasteiger partial charge on any atom is 0.318 e. The molecule has 0 N–H and O–H groups in total. The zero-order valence-electron chi connectivity index (χ0n) is 12.5. The molecule has 1 aromatic carbocycles. The minimum absolute atomic E-state index is 0.0993. The van der Waals surface area contributed by atoms with E-state index in [9.17, 15) is 18.4 Å². The molecule has 1 aromatic rings. The van der Waals surface area contributed by atoms with Crippen LogP contribution in [0.3, 0.4) is 0 Å². The molecule has 2 aliphatic heterocycles. The van der Waals surface area contributed by atoms with E-state index in [0.717, 1.165) is 25.0 Å². The highest BCUT2D eigenvalue weighted by molar-refractivity contribution is 6.08. The number of esters is 1. The zero-order chi connectivity index (χ0) is 16.4. The molecule has 2 atom stereocenters. The number of hydrogen-bond donors (Lipinski definition) is 0. The van der Waals surface area contributed by atoms with Crippen LogP contribution >= 0.6 is 0 Å². The van der Waals surface area contributed by atoms with Crippen LogP contribution in [0.5, 0.6) is 0 Å². The smallest absolute Gasteiger partial charge is 0.318 e. The van der Waals surface area contributed by atoms with E-state index in [1.165, 1.54) is 11.0 Å². The summed E-state index contributed by atoms with van der Waals surface area (Å²) in [6.07, 6.45) is 1.97. The van der Waals surface area contributed by atoms with E-state index in [2.05, 4.69) is 0 Å². The van der Waals surface area contributed by atoms with Gasteiger partial charge in [-0.1, -0.05) is 0 Å². The molecule has 0 radical (unpaired) electrons. The van der Waals surface area contributed by atoms with E-state index in [4.69, 9.17) is 9.47 Å². The van der Waals surface area contributed by atoms with Crippen molar-refractivity contribution in [1.29, 1.82) is 0 Å². The first-order chi connectivity index (χ1) is 11.1. The second-order valence-electron chi connectivity index (χ2n) is 5.69. The summed E-state index contributed by atoms with van der Waals surface area (Å²) in [6, 6.07) is 3.23. The van der Waals surface area contributed by atoms with Gasteiger partial charge in [0, 0.05) is 24.9 Å². The van der Waals surface area contributed by atoms with E-state index >= 15 is 0 Å². The summed E-state index contributed by atoms with van der Waals surface area (Å²) in [7, 11) is 0. The van der Waals surface area contributed by atoms with Crippen molar-refractivity contribution in [2.24, 2.45) is 5.92 Å². The molecule has 0 unspecified atom stereocenters. The molecule has 3 rings (SSSR count). The normalized spacial score (nSPS) is 24.3. The lowest BCUT2D eigenvalue weighted by atomic mass is 10.1. The highest BCUT2D eigenvalue weighted by Crippen LogP contribution is 2.27. The molecule has 2 heterocycles. The van der Waals surface area contributed by atoms with E-state index in [0.29, 0.717) is 13.0 Å². The lowest BCUT2D eigenvalue weighted by Crippen LogP contribution is -2.32. The Hall–Kier alpha value is -2.02. The molecule has 23 heavy (non-hydrogen) atoms. The summed E-state index contributed by atoms with van der Waals surface area (Å²) in [6.45, 7) is 1.08. The molecule has 0 spiro atoms. The van der Waals surface area contributed by atoms with Crippen molar-refractivity contribution in [3.05, 3.63) is 29.8 Å². The number of anilines is 1. The van der Waals surface area contributed by atoms with Crippen molar-refractivity contribution in [2.45, 2.75) is 25.4 Å². The first kappa shape index (κ1) is 15.9. The average molecular weight is 325 g/mol.